The Kier molecular flexibility index (Phi) is 1.87. The number of hydrogen-bond donors (Lipinski definition) is 1. The minimum Gasteiger partial charge on any atom is -0.372 e. The smallest absolute Gasteiger partial charge is 0.0801 e. The van der Waals surface area contributed by atoms with Gasteiger partial charge in [-0.1, -0.05) is 24.3 Å². The summed E-state index contributed by atoms with van der Waals surface area (Å²) >= 11 is 0. The van der Waals surface area contributed by atoms with Crippen molar-refractivity contribution in [3.05, 3.63) is 35.4 Å². The van der Waals surface area contributed by atoms with Crippen LogP contribution in [0.4, 0.5) is 0 Å². The lowest BCUT2D eigenvalue weighted by Gasteiger charge is -2.27. The van der Waals surface area contributed by atoms with Gasteiger partial charge in [-0.2, -0.15) is 0 Å². The summed E-state index contributed by atoms with van der Waals surface area (Å²) < 4.78 is 5.49. The standard InChI is InChI=1S/C10H13NO/c1-7-8-4-2-3-5-9(8)10(11)6-12-7/h2-5,7,10H,6,11H2,1H3. The molecule has 0 bridgehead atoms. The third kappa shape index (κ3) is 1.13. The minimum atomic E-state index is 0.0531. The number of ether oxygens (including phenoxy) is 1. The van der Waals surface area contributed by atoms with Gasteiger partial charge in [-0.25, -0.2) is 0 Å². The monoisotopic (exact) mass is 163 g/mol. The molecule has 1 aromatic carbocycles. The van der Waals surface area contributed by atoms with Gasteiger partial charge in [-0.15, -0.1) is 0 Å². The van der Waals surface area contributed by atoms with Crippen LogP contribution in [0.2, 0.25) is 0 Å². The van der Waals surface area contributed by atoms with Crippen molar-refractivity contribution in [2.75, 3.05) is 6.61 Å². The molecule has 0 spiro atoms. The lowest BCUT2D eigenvalue weighted by molar-refractivity contribution is 0.0408. The maximum atomic E-state index is 5.88. The van der Waals surface area contributed by atoms with E-state index in [1.54, 1.807) is 0 Å². The Labute approximate surface area is 72.3 Å². The van der Waals surface area contributed by atoms with Crippen LogP contribution in [0.3, 0.4) is 0 Å². The van der Waals surface area contributed by atoms with Gasteiger partial charge < -0.3 is 10.5 Å². The van der Waals surface area contributed by atoms with E-state index in [9.17, 15) is 0 Å². The van der Waals surface area contributed by atoms with Crippen LogP contribution in [-0.4, -0.2) is 6.61 Å². The molecule has 0 saturated carbocycles. The maximum Gasteiger partial charge on any atom is 0.0801 e. The zero-order chi connectivity index (χ0) is 8.55. The van der Waals surface area contributed by atoms with Gasteiger partial charge in [0.25, 0.3) is 0 Å². The van der Waals surface area contributed by atoms with E-state index < -0.39 is 0 Å². The summed E-state index contributed by atoms with van der Waals surface area (Å²) in [6, 6.07) is 8.27. The molecule has 0 amide bonds. The molecule has 1 aliphatic heterocycles. The molecule has 0 radical (unpaired) electrons. The van der Waals surface area contributed by atoms with E-state index in [0.717, 1.165) is 0 Å². The van der Waals surface area contributed by atoms with E-state index in [2.05, 4.69) is 19.1 Å². The Balaban J connectivity index is 2.47. The van der Waals surface area contributed by atoms with Crippen molar-refractivity contribution in [2.45, 2.75) is 19.1 Å². The second kappa shape index (κ2) is 2.88. The minimum absolute atomic E-state index is 0.0531. The zero-order valence-electron chi connectivity index (χ0n) is 7.16. The molecule has 1 aliphatic rings. The maximum absolute atomic E-state index is 5.88. The molecular formula is C10H13NO. The van der Waals surface area contributed by atoms with Gasteiger partial charge in [0.2, 0.25) is 0 Å². The summed E-state index contributed by atoms with van der Waals surface area (Å²) in [5.74, 6) is 0. The average molecular weight is 163 g/mol. The van der Waals surface area contributed by atoms with Crippen molar-refractivity contribution in [1.82, 2.24) is 0 Å². The van der Waals surface area contributed by atoms with Gasteiger partial charge in [0.05, 0.1) is 18.8 Å². The highest BCUT2D eigenvalue weighted by molar-refractivity contribution is 5.32. The molecule has 0 saturated heterocycles. The lowest BCUT2D eigenvalue weighted by Crippen LogP contribution is -2.25. The lowest BCUT2D eigenvalue weighted by atomic mass is 9.95. The zero-order valence-corrected chi connectivity index (χ0v) is 7.16. The van der Waals surface area contributed by atoms with E-state index in [4.69, 9.17) is 10.5 Å². The van der Waals surface area contributed by atoms with Gasteiger partial charge in [0, 0.05) is 0 Å². The van der Waals surface area contributed by atoms with Crippen LogP contribution in [0.5, 0.6) is 0 Å². The molecule has 0 aliphatic carbocycles. The summed E-state index contributed by atoms with van der Waals surface area (Å²) in [6.45, 7) is 2.70. The van der Waals surface area contributed by atoms with Crippen molar-refractivity contribution in [2.24, 2.45) is 5.73 Å². The highest BCUT2D eigenvalue weighted by Gasteiger charge is 2.21. The second-order valence-corrected chi connectivity index (χ2v) is 3.21. The number of hydrogen-bond acceptors (Lipinski definition) is 2. The second-order valence-electron chi connectivity index (χ2n) is 3.21. The topological polar surface area (TPSA) is 35.2 Å². The van der Waals surface area contributed by atoms with Gasteiger partial charge in [-0.05, 0) is 18.1 Å². The Hall–Kier alpha value is -0.860. The van der Waals surface area contributed by atoms with Crippen LogP contribution in [0.15, 0.2) is 24.3 Å². The first-order valence-electron chi connectivity index (χ1n) is 4.25. The van der Waals surface area contributed by atoms with Crippen molar-refractivity contribution < 1.29 is 4.74 Å². The Morgan fingerprint density at radius 3 is 2.67 bits per heavy atom. The quantitative estimate of drug-likeness (QED) is 0.632. The highest BCUT2D eigenvalue weighted by Crippen LogP contribution is 2.30. The fourth-order valence-electron chi connectivity index (χ4n) is 1.65. The van der Waals surface area contributed by atoms with E-state index in [0.29, 0.717) is 6.61 Å². The molecule has 2 atom stereocenters. The Morgan fingerprint density at radius 1 is 1.33 bits per heavy atom. The van der Waals surface area contributed by atoms with Crippen LogP contribution in [0.25, 0.3) is 0 Å². The first kappa shape index (κ1) is 7.77. The molecule has 12 heavy (non-hydrogen) atoms. The summed E-state index contributed by atoms with van der Waals surface area (Å²) in [4.78, 5) is 0. The van der Waals surface area contributed by atoms with Crippen molar-refractivity contribution in [3.8, 4) is 0 Å². The third-order valence-electron chi connectivity index (χ3n) is 2.36. The number of fused-ring (bicyclic) bond motifs is 1. The molecule has 64 valence electrons. The molecule has 2 nitrogen and oxygen atoms in total. The molecule has 0 aromatic heterocycles. The summed E-state index contributed by atoms with van der Waals surface area (Å²) in [6.07, 6.45) is 0.195. The summed E-state index contributed by atoms with van der Waals surface area (Å²) in [5.41, 5.74) is 8.35. The first-order chi connectivity index (χ1) is 5.79. The summed E-state index contributed by atoms with van der Waals surface area (Å²) in [7, 11) is 0. The molecule has 2 N–H and O–H groups in total. The van der Waals surface area contributed by atoms with E-state index in [1.807, 2.05) is 12.1 Å². The molecule has 0 fully saturated rings. The van der Waals surface area contributed by atoms with Crippen LogP contribution >= 0.6 is 0 Å². The SMILES string of the molecule is CC1OCC(N)c2ccccc21. The van der Waals surface area contributed by atoms with Gasteiger partial charge in [0.1, 0.15) is 0 Å². The first-order valence-corrected chi connectivity index (χ1v) is 4.25. The van der Waals surface area contributed by atoms with E-state index >= 15 is 0 Å². The highest BCUT2D eigenvalue weighted by atomic mass is 16.5. The predicted octanol–water partition coefficient (Wildman–Crippen LogP) is 1.78. The predicted molar refractivity (Wildman–Crippen MR) is 47.7 cm³/mol. The molecule has 1 heterocycles. The van der Waals surface area contributed by atoms with Crippen molar-refractivity contribution in [1.29, 1.82) is 0 Å². The third-order valence-corrected chi connectivity index (χ3v) is 2.36. The molecule has 1 aromatic rings. The molecule has 2 unspecified atom stereocenters. The van der Waals surface area contributed by atoms with Gasteiger partial charge >= 0.3 is 0 Å². The van der Waals surface area contributed by atoms with E-state index in [-0.39, 0.29) is 12.1 Å². The molecule has 2 rings (SSSR count). The Bertz CT molecular complexity index is 256. The molecular weight excluding hydrogens is 150 g/mol. The van der Waals surface area contributed by atoms with Crippen molar-refractivity contribution in [3.63, 3.8) is 0 Å². The van der Waals surface area contributed by atoms with Crippen LogP contribution in [-0.2, 0) is 4.74 Å². The Morgan fingerprint density at radius 2 is 2.00 bits per heavy atom. The van der Waals surface area contributed by atoms with Gasteiger partial charge in [-0.3, -0.25) is 0 Å². The largest absolute Gasteiger partial charge is 0.372 e. The van der Waals surface area contributed by atoms with Crippen LogP contribution < -0.4 is 5.73 Å². The van der Waals surface area contributed by atoms with Crippen LogP contribution in [0, 0.1) is 0 Å². The fraction of sp³-hybridized carbons (Fsp3) is 0.400. The average Bonchev–Trinajstić information content (AvgIpc) is 2.12. The van der Waals surface area contributed by atoms with Gasteiger partial charge in [0.15, 0.2) is 0 Å². The fourth-order valence-corrected chi connectivity index (χ4v) is 1.65. The number of nitrogens with two attached hydrogens (primary N) is 1. The van der Waals surface area contributed by atoms with Crippen LogP contribution in [0.1, 0.15) is 30.2 Å². The summed E-state index contributed by atoms with van der Waals surface area (Å²) in [5, 5.41) is 0. The normalized spacial score (nSPS) is 28.2. The number of rotatable bonds is 0. The van der Waals surface area contributed by atoms with Crippen molar-refractivity contribution >= 4 is 0 Å². The number of benzene rings is 1. The van der Waals surface area contributed by atoms with E-state index in [1.165, 1.54) is 11.1 Å². The molecule has 2 heteroatoms.